The summed E-state index contributed by atoms with van der Waals surface area (Å²) in [5.41, 5.74) is 8.86. The molecule has 4 heteroatoms. The van der Waals surface area contributed by atoms with Gasteiger partial charge in [-0.05, 0) is 35.6 Å². The lowest BCUT2D eigenvalue weighted by atomic mass is 9.88. The summed E-state index contributed by atoms with van der Waals surface area (Å²) in [7, 11) is 3.48. The van der Waals surface area contributed by atoms with E-state index >= 15 is 0 Å². The Labute approximate surface area is 143 Å². The third-order valence-electron chi connectivity index (χ3n) is 4.33. The minimum atomic E-state index is -0.684. The molecule has 0 aliphatic rings. The van der Waals surface area contributed by atoms with Gasteiger partial charge in [0.15, 0.2) is 0 Å². The molecule has 0 saturated heterocycles. The number of aliphatic hydroxyl groups is 1. The van der Waals surface area contributed by atoms with E-state index in [0.29, 0.717) is 5.56 Å². The summed E-state index contributed by atoms with van der Waals surface area (Å²) in [6.45, 7) is 2.04. The van der Waals surface area contributed by atoms with Crippen LogP contribution in [0, 0.1) is 5.92 Å². The van der Waals surface area contributed by atoms with Crippen molar-refractivity contribution in [2.45, 2.75) is 25.5 Å². The molecule has 2 aromatic rings. The molecule has 0 heterocycles. The molecule has 0 aliphatic carbocycles. The van der Waals surface area contributed by atoms with Crippen LogP contribution in [0.15, 0.2) is 54.6 Å². The second kappa shape index (κ2) is 8.08. The highest BCUT2D eigenvalue weighted by molar-refractivity contribution is 5.93. The fourth-order valence-corrected chi connectivity index (χ4v) is 2.73. The number of nitrogens with two attached hydrogens (primary N) is 1. The first-order chi connectivity index (χ1) is 11.4. The Morgan fingerprint density at radius 2 is 1.67 bits per heavy atom. The minimum Gasteiger partial charge on any atom is -0.387 e. The van der Waals surface area contributed by atoms with Crippen molar-refractivity contribution in [3.8, 4) is 0 Å². The first-order valence-electron chi connectivity index (χ1n) is 8.19. The number of benzene rings is 2. The van der Waals surface area contributed by atoms with E-state index in [1.54, 1.807) is 19.0 Å². The molecule has 128 valence electrons. The molecule has 4 nitrogen and oxygen atoms in total. The van der Waals surface area contributed by atoms with Crippen molar-refractivity contribution < 1.29 is 9.90 Å². The van der Waals surface area contributed by atoms with Crippen LogP contribution in [0.3, 0.4) is 0 Å². The van der Waals surface area contributed by atoms with E-state index < -0.39 is 6.10 Å². The summed E-state index contributed by atoms with van der Waals surface area (Å²) in [4.78, 5) is 13.5. The molecule has 0 radical (unpaired) electrons. The first kappa shape index (κ1) is 18.2. The Hall–Kier alpha value is -2.17. The van der Waals surface area contributed by atoms with Crippen LogP contribution in [0.25, 0.3) is 0 Å². The Bertz CT molecular complexity index is 653. The molecule has 0 saturated carbocycles. The highest BCUT2D eigenvalue weighted by atomic mass is 16.3. The molecular weight excluding hydrogens is 300 g/mol. The number of aliphatic hydroxyl groups excluding tert-OH is 1. The fourth-order valence-electron chi connectivity index (χ4n) is 2.73. The average molecular weight is 326 g/mol. The number of amides is 1. The number of hydrogen-bond acceptors (Lipinski definition) is 3. The van der Waals surface area contributed by atoms with Gasteiger partial charge in [0.1, 0.15) is 0 Å². The zero-order valence-corrected chi connectivity index (χ0v) is 14.5. The minimum absolute atomic E-state index is 0.00852. The molecule has 1 amide bonds. The highest BCUT2D eigenvalue weighted by Crippen LogP contribution is 2.23. The molecule has 0 fully saturated rings. The van der Waals surface area contributed by atoms with Crippen molar-refractivity contribution in [1.29, 1.82) is 0 Å². The molecule has 24 heavy (non-hydrogen) atoms. The Morgan fingerprint density at radius 3 is 2.21 bits per heavy atom. The van der Waals surface area contributed by atoms with Crippen LogP contribution in [0.1, 0.15) is 34.5 Å². The van der Waals surface area contributed by atoms with E-state index in [2.05, 4.69) is 0 Å². The topological polar surface area (TPSA) is 66.6 Å². The van der Waals surface area contributed by atoms with Gasteiger partial charge in [-0.1, -0.05) is 49.4 Å². The predicted octanol–water partition coefficient (Wildman–Crippen LogP) is 2.63. The maximum atomic E-state index is 11.9. The predicted molar refractivity (Wildman–Crippen MR) is 96.7 cm³/mol. The van der Waals surface area contributed by atoms with Crippen molar-refractivity contribution in [3.05, 3.63) is 71.3 Å². The number of nitrogens with zero attached hydrogens (tertiary/aromatic N) is 1. The second-order valence-electron chi connectivity index (χ2n) is 6.51. The van der Waals surface area contributed by atoms with Crippen LogP contribution < -0.4 is 5.73 Å². The molecular formula is C20H26N2O2. The Balaban J connectivity index is 2.01. The molecule has 1 unspecified atom stereocenters. The zero-order valence-electron chi connectivity index (χ0n) is 14.5. The first-order valence-corrected chi connectivity index (χ1v) is 8.19. The summed E-state index contributed by atoms with van der Waals surface area (Å²) >= 11 is 0. The lowest BCUT2D eigenvalue weighted by molar-refractivity contribution is 0.0827. The number of rotatable bonds is 6. The van der Waals surface area contributed by atoms with Gasteiger partial charge in [-0.2, -0.15) is 0 Å². The van der Waals surface area contributed by atoms with E-state index in [0.717, 1.165) is 17.5 Å². The number of carbonyl (C=O) groups excluding carboxylic acids is 1. The normalized spacial score (nSPS) is 14.7. The van der Waals surface area contributed by atoms with Crippen molar-refractivity contribution in [1.82, 2.24) is 4.90 Å². The summed E-state index contributed by atoms with van der Waals surface area (Å²) in [6.07, 6.45) is 0.0670. The van der Waals surface area contributed by atoms with Crippen molar-refractivity contribution in [2.24, 2.45) is 11.7 Å². The third-order valence-corrected chi connectivity index (χ3v) is 4.33. The Morgan fingerprint density at radius 1 is 1.08 bits per heavy atom. The number of hydrogen-bond donors (Lipinski definition) is 2. The van der Waals surface area contributed by atoms with Gasteiger partial charge in [0, 0.05) is 25.7 Å². The van der Waals surface area contributed by atoms with E-state index in [4.69, 9.17) is 5.73 Å². The van der Waals surface area contributed by atoms with Gasteiger partial charge in [0.25, 0.3) is 5.91 Å². The van der Waals surface area contributed by atoms with E-state index in [1.165, 1.54) is 0 Å². The SMILES string of the molecule is CC(Cc1ccc(C(=O)N(C)C)cc1)[C@@H](N)[C@H](O)c1ccccc1. The fraction of sp³-hybridized carbons (Fsp3) is 0.350. The summed E-state index contributed by atoms with van der Waals surface area (Å²) < 4.78 is 0. The van der Waals surface area contributed by atoms with E-state index in [-0.39, 0.29) is 17.9 Å². The molecule has 0 aliphatic heterocycles. The monoisotopic (exact) mass is 326 g/mol. The molecule has 0 spiro atoms. The smallest absolute Gasteiger partial charge is 0.253 e. The molecule has 2 rings (SSSR count). The van der Waals surface area contributed by atoms with Gasteiger partial charge in [0.05, 0.1) is 6.10 Å². The molecule has 0 aromatic heterocycles. The van der Waals surface area contributed by atoms with Crippen LogP contribution in [-0.2, 0) is 6.42 Å². The molecule has 3 atom stereocenters. The quantitative estimate of drug-likeness (QED) is 0.857. The standard InChI is InChI=1S/C20H26N2O2/c1-14(18(21)19(23)16-7-5-4-6-8-16)13-15-9-11-17(12-10-15)20(24)22(2)3/h4-12,14,18-19,23H,13,21H2,1-3H3/t14?,18-,19-/m1/s1. The highest BCUT2D eigenvalue weighted by Gasteiger charge is 2.23. The average Bonchev–Trinajstić information content (AvgIpc) is 2.61. The van der Waals surface area contributed by atoms with Gasteiger partial charge in [-0.25, -0.2) is 0 Å². The van der Waals surface area contributed by atoms with Crippen LogP contribution in [-0.4, -0.2) is 36.1 Å². The summed E-state index contributed by atoms with van der Waals surface area (Å²) in [5.74, 6) is 0.0985. The maximum absolute atomic E-state index is 11.9. The van der Waals surface area contributed by atoms with E-state index in [1.807, 2.05) is 61.5 Å². The lowest BCUT2D eigenvalue weighted by Gasteiger charge is -2.25. The Kier molecular flexibility index (Phi) is 6.12. The summed E-state index contributed by atoms with van der Waals surface area (Å²) in [5, 5.41) is 10.4. The second-order valence-corrected chi connectivity index (χ2v) is 6.51. The van der Waals surface area contributed by atoms with Crippen LogP contribution >= 0.6 is 0 Å². The molecule has 0 bridgehead atoms. The largest absolute Gasteiger partial charge is 0.387 e. The van der Waals surface area contributed by atoms with Gasteiger partial charge >= 0.3 is 0 Å². The summed E-state index contributed by atoms with van der Waals surface area (Å²) in [6, 6.07) is 16.7. The van der Waals surface area contributed by atoms with Crippen LogP contribution in [0.5, 0.6) is 0 Å². The zero-order chi connectivity index (χ0) is 17.7. The van der Waals surface area contributed by atoms with Crippen molar-refractivity contribution in [3.63, 3.8) is 0 Å². The van der Waals surface area contributed by atoms with Gasteiger partial charge in [-0.15, -0.1) is 0 Å². The third kappa shape index (κ3) is 4.43. The molecule has 3 N–H and O–H groups in total. The van der Waals surface area contributed by atoms with Crippen molar-refractivity contribution in [2.75, 3.05) is 14.1 Å². The number of carbonyl (C=O) groups is 1. The van der Waals surface area contributed by atoms with Crippen molar-refractivity contribution >= 4 is 5.91 Å². The van der Waals surface area contributed by atoms with Gasteiger partial charge in [0.2, 0.25) is 0 Å². The maximum Gasteiger partial charge on any atom is 0.253 e. The molecule has 2 aromatic carbocycles. The lowest BCUT2D eigenvalue weighted by Crippen LogP contribution is -2.36. The van der Waals surface area contributed by atoms with Crippen LogP contribution in [0.4, 0.5) is 0 Å². The van der Waals surface area contributed by atoms with Gasteiger partial charge < -0.3 is 15.7 Å². The van der Waals surface area contributed by atoms with Gasteiger partial charge in [-0.3, -0.25) is 4.79 Å². The van der Waals surface area contributed by atoms with E-state index in [9.17, 15) is 9.90 Å². The van der Waals surface area contributed by atoms with Crippen LogP contribution in [0.2, 0.25) is 0 Å².